The first-order chi connectivity index (χ1) is 9.20. The van der Waals surface area contributed by atoms with Gasteiger partial charge in [0.15, 0.2) is 0 Å². The van der Waals surface area contributed by atoms with E-state index >= 15 is 0 Å². The van der Waals surface area contributed by atoms with Crippen molar-refractivity contribution >= 4 is 11.3 Å². The minimum Gasteiger partial charge on any atom is -0.313 e. The van der Waals surface area contributed by atoms with Gasteiger partial charge in [-0.2, -0.15) is 0 Å². The van der Waals surface area contributed by atoms with Gasteiger partial charge in [0.1, 0.15) is 0 Å². The quantitative estimate of drug-likeness (QED) is 0.868. The number of hydrogen-bond donors (Lipinski definition) is 1. The second-order valence-electron chi connectivity index (χ2n) is 6.17. The highest BCUT2D eigenvalue weighted by molar-refractivity contribution is 7.11. The molecular weight excluding hydrogens is 254 g/mol. The van der Waals surface area contributed by atoms with E-state index in [1.54, 1.807) is 0 Å². The fourth-order valence-electron chi connectivity index (χ4n) is 3.02. The lowest BCUT2D eigenvalue weighted by Crippen LogP contribution is -2.38. The van der Waals surface area contributed by atoms with E-state index in [-0.39, 0.29) is 0 Å². The molecule has 1 unspecified atom stereocenters. The van der Waals surface area contributed by atoms with Crippen molar-refractivity contribution < 1.29 is 0 Å². The number of nitrogens with one attached hydrogen (secondary N) is 1. The standard InChI is InChI=1S/C15H25N3S/c1-11-15(19-12(2)17-11)10-18(8-13-5-6-13)9-14-4-3-7-16-14/h13-14,16H,3-10H2,1-2H3. The van der Waals surface area contributed by atoms with Gasteiger partial charge in [-0.1, -0.05) is 0 Å². The van der Waals surface area contributed by atoms with Gasteiger partial charge in [-0.05, 0) is 52.0 Å². The predicted octanol–water partition coefficient (Wildman–Crippen LogP) is 2.72. The van der Waals surface area contributed by atoms with Crippen LogP contribution in [0.25, 0.3) is 0 Å². The Balaban J connectivity index is 1.62. The normalized spacial score (nSPS) is 23.4. The van der Waals surface area contributed by atoms with Crippen LogP contribution < -0.4 is 5.32 Å². The largest absolute Gasteiger partial charge is 0.313 e. The highest BCUT2D eigenvalue weighted by atomic mass is 32.1. The van der Waals surface area contributed by atoms with Crippen LogP contribution in [0.1, 0.15) is 41.3 Å². The molecule has 1 aromatic rings. The first-order valence-electron chi connectivity index (χ1n) is 7.59. The summed E-state index contributed by atoms with van der Waals surface area (Å²) in [4.78, 5) is 8.70. The first-order valence-corrected chi connectivity index (χ1v) is 8.41. The number of hydrogen-bond acceptors (Lipinski definition) is 4. The van der Waals surface area contributed by atoms with Gasteiger partial charge >= 0.3 is 0 Å². The maximum atomic E-state index is 4.57. The first kappa shape index (κ1) is 13.5. The fraction of sp³-hybridized carbons (Fsp3) is 0.800. The molecule has 3 rings (SSSR count). The van der Waals surface area contributed by atoms with E-state index in [0.29, 0.717) is 6.04 Å². The fourth-order valence-corrected chi connectivity index (χ4v) is 4.00. The van der Waals surface area contributed by atoms with E-state index in [4.69, 9.17) is 0 Å². The van der Waals surface area contributed by atoms with E-state index in [9.17, 15) is 0 Å². The number of aromatic nitrogens is 1. The van der Waals surface area contributed by atoms with Gasteiger partial charge in [-0.25, -0.2) is 4.98 Å². The molecule has 0 spiro atoms. The zero-order valence-electron chi connectivity index (χ0n) is 12.1. The molecule has 1 saturated carbocycles. The zero-order valence-corrected chi connectivity index (χ0v) is 12.9. The van der Waals surface area contributed by atoms with Crippen molar-refractivity contribution in [3.63, 3.8) is 0 Å². The third-order valence-electron chi connectivity index (χ3n) is 4.22. The molecule has 2 fully saturated rings. The Labute approximate surface area is 120 Å². The van der Waals surface area contributed by atoms with Gasteiger partial charge < -0.3 is 5.32 Å². The Bertz CT molecular complexity index is 419. The van der Waals surface area contributed by atoms with Crippen LogP contribution in [0, 0.1) is 19.8 Å². The van der Waals surface area contributed by atoms with E-state index < -0.39 is 0 Å². The highest BCUT2D eigenvalue weighted by Gasteiger charge is 2.27. The van der Waals surface area contributed by atoms with Crippen molar-refractivity contribution in [1.82, 2.24) is 15.2 Å². The van der Waals surface area contributed by atoms with Crippen LogP contribution in [0.4, 0.5) is 0 Å². The van der Waals surface area contributed by atoms with Crippen molar-refractivity contribution in [3.8, 4) is 0 Å². The minimum absolute atomic E-state index is 0.716. The molecule has 1 atom stereocenters. The molecule has 1 aliphatic carbocycles. The van der Waals surface area contributed by atoms with Crippen molar-refractivity contribution in [1.29, 1.82) is 0 Å². The smallest absolute Gasteiger partial charge is 0.0900 e. The summed E-state index contributed by atoms with van der Waals surface area (Å²) < 4.78 is 0. The van der Waals surface area contributed by atoms with Gasteiger partial charge in [0.05, 0.1) is 10.7 Å². The maximum absolute atomic E-state index is 4.57. The Morgan fingerprint density at radius 1 is 1.26 bits per heavy atom. The Hall–Kier alpha value is -0.450. The summed E-state index contributed by atoms with van der Waals surface area (Å²) in [6.45, 7) is 9.08. The van der Waals surface area contributed by atoms with Crippen molar-refractivity contribution in [2.45, 2.75) is 52.1 Å². The number of aryl methyl sites for hydroxylation is 2. The van der Waals surface area contributed by atoms with Crippen LogP contribution in [0.15, 0.2) is 0 Å². The molecule has 3 nitrogen and oxygen atoms in total. The summed E-state index contributed by atoms with van der Waals surface area (Å²) in [5.74, 6) is 0.968. The highest BCUT2D eigenvalue weighted by Crippen LogP contribution is 2.31. The lowest BCUT2D eigenvalue weighted by atomic mass is 10.2. The molecule has 2 aliphatic rings. The van der Waals surface area contributed by atoms with Gasteiger partial charge in [0, 0.05) is 30.6 Å². The third kappa shape index (κ3) is 3.77. The van der Waals surface area contributed by atoms with Crippen LogP contribution >= 0.6 is 11.3 Å². The predicted molar refractivity (Wildman–Crippen MR) is 80.6 cm³/mol. The minimum atomic E-state index is 0.716. The topological polar surface area (TPSA) is 28.2 Å². The molecule has 0 radical (unpaired) electrons. The Morgan fingerprint density at radius 3 is 2.68 bits per heavy atom. The van der Waals surface area contributed by atoms with Crippen LogP contribution in [-0.4, -0.2) is 35.6 Å². The van der Waals surface area contributed by atoms with E-state index in [2.05, 4.69) is 29.0 Å². The van der Waals surface area contributed by atoms with Crippen LogP contribution in [0.5, 0.6) is 0 Å². The molecule has 0 aromatic carbocycles. The molecular formula is C15H25N3S. The molecule has 1 aliphatic heterocycles. The van der Waals surface area contributed by atoms with Crippen molar-refractivity contribution in [2.24, 2.45) is 5.92 Å². The van der Waals surface area contributed by atoms with Gasteiger partial charge in [0.2, 0.25) is 0 Å². The number of nitrogens with zero attached hydrogens (tertiary/aromatic N) is 2. The summed E-state index contributed by atoms with van der Waals surface area (Å²) in [5.41, 5.74) is 1.24. The van der Waals surface area contributed by atoms with Crippen LogP contribution in [0.2, 0.25) is 0 Å². The van der Waals surface area contributed by atoms with Crippen LogP contribution in [-0.2, 0) is 6.54 Å². The summed E-state index contributed by atoms with van der Waals surface area (Å²) in [6, 6.07) is 0.716. The van der Waals surface area contributed by atoms with Crippen molar-refractivity contribution in [2.75, 3.05) is 19.6 Å². The van der Waals surface area contributed by atoms with E-state index in [1.807, 2.05) is 11.3 Å². The lowest BCUT2D eigenvalue weighted by molar-refractivity contribution is 0.233. The molecule has 106 valence electrons. The number of rotatable bonds is 6. The Kier molecular flexibility index (Phi) is 4.20. The zero-order chi connectivity index (χ0) is 13.2. The molecule has 1 saturated heterocycles. The molecule has 0 bridgehead atoms. The summed E-state index contributed by atoms with van der Waals surface area (Å²) in [5, 5.41) is 4.84. The number of thiazole rings is 1. The monoisotopic (exact) mass is 279 g/mol. The summed E-state index contributed by atoms with van der Waals surface area (Å²) in [7, 11) is 0. The molecule has 1 aromatic heterocycles. The molecule has 19 heavy (non-hydrogen) atoms. The average Bonchev–Trinajstić information content (AvgIpc) is 2.90. The van der Waals surface area contributed by atoms with Gasteiger partial charge in [-0.3, -0.25) is 4.90 Å². The maximum Gasteiger partial charge on any atom is 0.0900 e. The third-order valence-corrected chi connectivity index (χ3v) is 5.28. The van der Waals surface area contributed by atoms with E-state index in [0.717, 1.165) is 12.5 Å². The molecule has 1 N–H and O–H groups in total. The lowest BCUT2D eigenvalue weighted by Gasteiger charge is -2.25. The van der Waals surface area contributed by atoms with Crippen LogP contribution in [0.3, 0.4) is 0 Å². The summed E-state index contributed by atoms with van der Waals surface area (Å²) >= 11 is 1.87. The van der Waals surface area contributed by atoms with Gasteiger partial charge in [0.25, 0.3) is 0 Å². The van der Waals surface area contributed by atoms with Crippen molar-refractivity contribution in [3.05, 3.63) is 15.6 Å². The average molecular weight is 279 g/mol. The molecule has 2 heterocycles. The summed E-state index contributed by atoms with van der Waals surface area (Å²) in [6.07, 6.45) is 5.58. The SMILES string of the molecule is Cc1nc(C)c(CN(CC2CC2)CC2CCCN2)s1. The van der Waals surface area contributed by atoms with E-state index in [1.165, 1.54) is 60.9 Å². The second kappa shape index (κ2) is 5.90. The second-order valence-corrected chi connectivity index (χ2v) is 7.46. The molecule has 0 amide bonds. The van der Waals surface area contributed by atoms with Gasteiger partial charge in [-0.15, -0.1) is 11.3 Å². The Morgan fingerprint density at radius 2 is 2.11 bits per heavy atom. The molecule has 4 heteroatoms.